The molecule has 0 saturated carbocycles. The van der Waals surface area contributed by atoms with Gasteiger partial charge in [0.1, 0.15) is 0 Å². The Hall–Kier alpha value is -2.53. The van der Waals surface area contributed by atoms with Gasteiger partial charge in [-0.05, 0) is 48.7 Å². The highest BCUT2D eigenvalue weighted by Gasteiger charge is 2.14. The average Bonchev–Trinajstić information content (AvgIpc) is 2.52. The van der Waals surface area contributed by atoms with Crippen LogP contribution in [0.15, 0.2) is 36.4 Å². The molecule has 2 amide bonds. The van der Waals surface area contributed by atoms with Crippen molar-refractivity contribution in [3.05, 3.63) is 52.5 Å². The fourth-order valence-electron chi connectivity index (χ4n) is 2.32. The average molecular weight is 360 g/mol. The van der Waals surface area contributed by atoms with Crippen LogP contribution in [0.5, 0.6) is 0 Å². The molecule has 2 rings (SSSR count). The molecule has 0 atom stereocenters. The van der Waals surface area contributed by atoms with Crippen molar-refractivity contribution in [2.24, 2.45) is 5.92 Å². The number of hydrogen-bond acceptors (Lipinski definition) is 3. The molecule has 0 aliphatic carbocycles. The van der Waals surface area contributed by atoms with Gasteiger partial charge in [0, 0.05) is 23.5 Å². The highest BCUT2D eigenvalue weighted by Crippen LogP contribution is 2.24. The van der Waals surface area contributed by atoms with E-state index in [0.717, 1.165) is 5.56 Å². The van der Waals surface area contributed by atoms with E-state index < -0.39 is 0 Å². The number of halogens is 1. The smallest absolute Gasteiger partial charge is 0.257 e. The molecule has 0 heterocycles. The third-order valence-electron chi connectivity index (χ3n) is 3.60. The van der Waals surface area contributed by atoms with Gasteiger partial charge in [-0.25, -0.2) is 0 Å². The minimum Gasteiger partial charge on any atom is -0.399 e. The first-order chi connectivity index (χ1) is 11.8. The van der Waals surface area contributed by atoms with Crippen LogP contribution in [0.1, 0.15) is 36.2 Å². The van der Waals surface area contributed by atoms with Gasteiger partial charge in [0.2, 0.25) is 5.91 Å². The summed E-state index contributed by atoms with van der Waals surface area (Å²) in [5.41, 5.74) is 8.65. The third kappa shape index (κ3) is 5.22. The second-order valence-electron chi connectivity index (χ2n) is 6.37. The van der Waals surface area contributed by atoms with E-state index in [1.54, 1.807) is 30.3 Å². The number of benzene rings is 2. The van der Waals surface area contributed by atoms with Gasteiger partial charge in [0.05, 0.1) is 10.6 Å². The van der Waals surface area contributed by atoms with Gasteiger partial charge in [0.15, 0.2) is 0 Å². The monoisotopic (exact) mass is 359 g/mol. The molecule has 0 bridgehead atoms. The molecule has 0 fully saturated rings. The van der Waals surface area contributed by atoms with Crippen LogP contribution in [0.4, 0.5) is 17.1 Å². The van der Waals surface area contributed by atoms with Crippen LogP contribution >= 0.6 is 11.6 Å². The Morgan fingerprint density at radius 1 is 1.12 bits per heavy atom. The van der Waals surface area contributed by atoms with Crippen LogP contribution in [0.3, 0.4) is 0 Å². The maximum absolute atomic E-state index is 12.6. The number of carbonyl (C=O) groups excluding carboxylic acids is 2. The van der Waals surface area contributed by atoms with Crippen LogP contribution in [0.25, 0.3) is 0 Å². The topological polar surface area (TPSA) is 84.2 Å². The van der Waals surface area contributed by atoms with E-state index in [1.807, 2.05) is 26.8 Å². The summed E-state index contributed by atoms with van der Waals surface area (Å²) >= 11 is 6.15. The zero-order valence-electron chi connectivity index (χ0n) is 14.5. The number of nitrogens with one attached hydrogen (secondary N) is 2. The molecule has 0 aliphatic heterocycles. The number of amides is 2. The van der Waals surface area contributed by atoms with Crippen molar-refractivity contribution < 1.29 is 9.59 Å². The Labute approximate surface area is 152 Å². The SMILES string of the molecule is Cc1ccc(N)cc1NC(=O)c1cc(NC(=O)CC(C)C)ccc1Cl. The first kappa shape index (κ1) is 18.8. The number of rotatable bonds is 5. The normalized spacial score (nSPS) is 10.6. The van der Waals surface area contributed by atoms with Gasteiger partial charge in [-0.2, -0.15) is 0 Å². The molecule has 132 valence electrons. The Kier molecular flexibility index (Phi) is 6.04. The summed E-state index contributed by atoms with van der Waals surface area (Å²) in [5.74, 6) is -0.212. The van der Waals surface area contributed by atoms with Crippen molar-refractivity contribution in [2.75, 3.05) is 16.4 Å². The van der Waals surface area contributed by atoms with Gasteiger partial charge >= 0.3 is 0 Å². The minimum atomic E-state index is -0.362. The van der Waals surface area contributed by atoms with Crippen LogP contribution < -0.4 is 16.4 Å². The van der Waals surface area contributed by atoms with E-state index in [4.69, 9.17) is 17.3 Å². The standard InChI is InChI=1S/C19H22ClN3O2/c1-11(2)8-18(24)22-14-6-7-16(20)15(10-14)19(25)23-17-9-13(21)5-4-12(17)3/h4-7,9-11H,8,21H2,1-3H3,(H,22,24)(H,23,25). The first-order valence-electron chi connectivity index (χ1n) is 8.03. The van der Waals surface area contributed by atoms with Gasteiger partial charge in [0.25, 0.3) is 5.91 Å². The molecule has 2 aromatic carbocycles. The summed E-state index contributed by atoms with van der Waals surface area (Å²) in [6.07, 6.45) is 0.409. The fraction of sp³-hybridized carbons (Fsp3) is 0.263. The maximum atomic E-state index is 12.6. The van der Waals surface area contributed by atoms with Crippen molar-refractivity contribution in [1.82, 2.24) is 0 Å². The lowest BCUT2D eigenvalue weighted by Crippen LogP contribution is -2.16. The number of anilines is 3. The summed E-state index contributed by atoms with van der Waals surface area (Å²) < 4.78 is 0. The lowest BCUT2D eigenvalue weighted by molar-refractivity contribution is -0.116. The summed E-state index contributed by atoms with van der Waals surface area (Å²) in [5, 5.41) is 5.89. The third-order valence-corrected chi connectivity index (χ3v) is 3.93. The number of hydrogen-bond donors (Lipinski definition) is 3. The Bertz CT molecular complexity index is 803. The molecule has 5 nitrogen and oxygen atoms in total. The molecule has 25 heavy (non-hydrogen) atoms. The van der Waals surface area contributed by atoms with Crippen LogP contribution in [-0.2, 0) is 4.79 Å². The second kappa shape index (κ2) is 8.03. The van der Waals surface area contributed by atoms with E-state index in [1.165, 1.54) is 0 Å². The van der Waals surface area contributed by atoms with Crippen molar-refractivity contribution >= 4 is 40.5 Å². The molecule has 0 radical (unpaired) electrons. The first-order valence-corrected chi connectivity index (χ1v) is 8.41. The summed E-state index contributed by atoms with van der Waals surface area (Å²) in [7, 11) is 0. The molecule has 0 spiro atoms. The highest BCUT2D eigenvalue weighted by molar-refractivity contribution is 6.34. The Morgan fingerprint density at radius 3 is 2.52 bits per heavy atom. The maximum Gasteiger partial charge on any atom is 0.257 e. The number of nitrogens with two attached hydrogens (primary N) is 1. The largest absolute Gasteiger partial charge is 0.399 e. The van der Waals surface area contributed by atoms with Crippen molar-refractivity contribution in [3.63, 3.8) is 0 Å². The predicted octanol–water partition coefficient (Wildman–Crippen LogP) is 4.47. The van der Waals surface area contributed by atoms with E-state index in [-0.39, 0.29) is 23.3 Å². The van der Waals surface area contributed by atoms with Gasteiger partial charge in [-0.15, -0.1) is 0 Å². The lowest BCUT2D eigenvalue weighted by atomic mass is 10.1. The highest BCUT2D eigenvalue weighted by atomic mass is 35.5. The van der Waals surface area contributed by atoms with Crippen molar-refractivity contribution in [1.29, 1.82) is 0 Å². The Morgan fingerprint density at radius 2 is 1.84 bits per heavy atom. The second-order valence-corrected chi connectivity index (χ2v) is 6.78. The zero-order chi connectivity index (χ0) is 18.6. The molecule has 2 aromatic rings. The van der Waals surface area contributed by atoms with E-state index in [2.05, 4.69) is 10.6 Å². The molecule has 0 aliphatic rings. The van der Waals surface area contributed by atoms with E-state index in [9.17, 15) is 9.59 Å². The van der Waals surface area contributed by atoms with E-state index >= 15 is 0 Å². The number of nitrogen functional groups attached to an aromatic ring is 1. The minimum absolute atomic E-state index is 0.102. The van der Waals surface area contributed by atoms with Crippen molar-refractivity contribution in [3.8, 4) is 0 Å². The fourth-order valence-corrected chi connectivity index (χ4v) is 2.53. The van der Waals surface area contributed by atoms with Gasteiger partial charge in [-0.3, -0.25) is 9.59 Å². The summed E-state index contributed by atoms with van der Waals surface area (Å²) in [4.78, 5) is 24.5. The molecular weight excluding hydrogens is 338 g/mol. The van der Waals surface area contributed by atoms with Gasteiger partial charge in [-0.1, -0.05) is 31.5 Å². The number of aryl methyl sites for hydroxylation is 1. The Balaban J connectivity index is 2.20. The van der Waals surface area contributed by atoms with Gasteiger partial charge < -0.3 is 16.4 Å². The van der Waals surface area contributed by atoms with E-state index in [0.29, 0.717) is 28.5 Å². The predicted molar refractivity (Wildman–Crippen MR) is 103 cm³/mol. The van der Waals surface area contributed by atoms with Crippen molar-refractivity contribution in [2.45, 2.75) is 27.2 Å². The summed E-state index contributed by atoms with van der Waals surface area (Å²) in [6.45, 7) is 5.81. The molecule has 0 unspecified atom stereocenters. The molecule has 4 N–H and O–H groups in total. The molecule has 0 saturated heterocycles. The van der Waals surface area contributed by atoms with Crippen LogP contribution in [0, 0.1) is 12.8 Å². The molecular formula is C19H22ClN3O2. The molecule has 0 aromatic heterocycles. The van der Waals surface area contributed by atoms with Crippen LogP contribution in [-0.4, -0.2) is 11.8 Å². The van der Waals surface area contributed by atoms with Crippen LogP contribution in [0.2, 0.25) is 5.02 Å². The quantitative estimate of drug-likeness (QED) is 0.688. The zero-order valence-corrected chi connectivity index (χ0v) is 15.3. The lowest BCUT2D eigenvalue weighted by Gasteiger charge is -2.12. The number of carbonyl (C=O) groups is 2. The summed E-state index contributed by atoms with van der Waals surface area (Å²) in [6, 6.07) is 10.1. The molecule has 6 heteroatoms.